The Morgan fingerprint density at radius 2 is 1.92 bits per heavy atom. The SMILES string of the molecule is CC(C)CN(Cc1nccn1Cc1ccc(F)cc1)C(=O)NC(C)C. The van der Waals surface area contributed by atoms with Crippen molar-refractivity contribution in [2.75, 3.05) is 6.54 Å². The second kappa shape index (κ2) is 8.65. The lowest BCUT2D eigenvalue weighted by molar-refractivity contribution is 0.183. The Balaban J connectivity index is 2.12. The zero-order valence-electron chi connectivity index (χ0n) is 15.4. The van der Waals surface area contributed by atoms with Crippen LogP contribution in [0.4, 0.5) is 9.18 Å². The lowest BCUT2D eigenvalue weighted by Gasteiger charge is -2.26. The number of nitrogens with zero attached hydrogens (tertiary/aromatic N) is 3. The quantitative estimate of drug-likeness (QED) is 0.832. The normalized spacial score (nSPS) is 11.2. The fourth-order valence-corrected chi connectivity index (χ4v) is 2.59. The number of aromatic nitrogens is 2. The van der Waals surface area contributed by atoms with Crippen molar-refractivity contribution in [1.82, 2.24) is 19.8 Å². The Morgan fingerprint density at radius 3 is 2.52 bits per heavy atom. The summed E-state index contributed by atoms with van der Waals surface area (Å²) >= 11 is 0. The second-order valence-electron chi connectivity index (χ2n) is 6.98. The van der Waals surface area contributed by atoms with Crippen molar-refractivity contribution in [2.24, 2.45) is 5.92 Å². The molecule has 0 saturated heterocycles. The Hall–Kier alpha value is -2.37. The first-order valence-electron chi connectivity index (χ1n) is 8.65. The van der Waals surface area contributed by atoms with Crippen LogP contribution in [-0.2, 0) is 13.1 Å². The number of imidazole rings is 1. The van der Waals surface area contributed by atoms with Crippen LogP contribution in [0.1, 0.15) is 39.1 Å². The zero-order valence-corrected chi connectivity index (χ0v) is 15.4. The van der Waals surface area contributed by atoms with E-state index in [1.807, 2.05) is 24.6 Å². The van der Waals surface area contributed by atoms with E-state index >= 15 is 0 Å². The minimum Gasteiger partial charge on any atom is -0.336 e. The van der Waals surface area contributed by atoms with Crippen molar-refractivity contribution >= 4 is 6.03 Å². The first kappa shape index (κ1) is 19.0. The highest BCUT2D eigenvalue weighted by Gasteiger charge is 2.18. The number of rotatable bonds is 7. The van der Waals surface area contributed by atoms with Crippen LogP contribution < -0.4 is 5.32 Å². The highest BCUT2D eigenvalue weighted by atomic mass is 19.1. The molecule has 0 aliphatic rings. The lowest BCUT2D eigenvalue weighted by Crippen LogP contribution is -2.44. The summed E-state index contributed by atoms with van der Waals surface area (Å²) in [4.78, 5) is 18.7. The van der Waals surface area contributed by atoms with Gasteiger partial charge in [-0.1, -0.05) is 26.0 Å². The molecule has 1 aromatic heterocycles. The first-order chi connectivity index (χ1) is 11.8. The first-order valence-corrected chi connectivity index (χ1v) is 8.65. The molecule has 1 N–H and O–H groups in total. The smallest absolute Gasteiger partial charge is 0.318 e. The molecule has 0 radical (unpaired) electrons. The van der Waals surface area contributed by atoms with E-state index in [9.17, 15) is 9.18 Å². The largest absolute Gasteiger partial charge is 0.336 e. The van der Waals surface area contributed by atoms with Crippen molar-refractivity contribution in [1.29, 1.82) is 0 Å². The molecule has 25 heavy (non-hydrogen) atoms. The molecule has 0 fully saturated rings. The van der Waals surface area contributed by atoms with Gasteiger partial charge in [-0.25, -0.2) is 14.2 Å². The summed E-state index contributed by atoms with van der Waals surface area (Å²) in [6.07, 6.45) is 3.61. The molecule has 0 aliphatic heterocycles. The third-order valence-electron chi connectivity index (χ3n) is 3.69. The number of halogens is 1. The minimum absolute atomic E-state index is 0.0833. The van der Waals surface area contributed by atoms with Crippen molar-refractivity contribution in [3.05, 3.63) is 53.9 Å². The van der Waals surface area contributed by atoms with E-state index in [2.05, 4.69) is 24.1 Å². The number of benzene rings is 1. The minimum atomic E-state index is -0.247. The molecular weight excluding hydrogens is 319 g/mol. The fourth-order valence-electron chi connectivity index (χ4n) is 2.59. The van der Waals surface area contributed by atoms with Gasteiger partial charge in [-0.2, -0.15) is 0 Å². The standard InChI is InChI=1S/C19H27FN4O/c1-14(2)11-24(19(25)22-15(3)4)13-18-21-9-10-23(18)12-16-5-7-17(20)8-6-16/h5-10,14-15H,11-13H2,1-4H3,(H,22,25). The van der Waals surface area contributed by atoms with Crippen LogP contribution in [0.3, 0.4) is 0 Å². The van der Waals surface area contributed by atoms with Gasteiger partial charge in [0.15, 0.2) is 0 Å². The van der Waals surface area contributed by atoms with E-state index in [4.69, 9.17) is 0 Å². The maximum Gasteiger partial charge on any atom is 0.318 e. The Kier molecular flexibility index (Phi) is 6.56. The third-order valence-corrected chi connectivity index (χ3v) is 3.69. The molecular formula is C19H27FN4O. The Bertz CT molecular complexity index is 679. The molecule has 136 valence electrons. The Morgan fingerprint density at radius 1 is 1.24 bits per heavy atom. The van der Waals surface area contributed by atoms with E-state index in [0.29, 0.717) is 25.6 Å². The second-order valence-corrected chi connectivity index (χ2v) is 6.98. The van der Waals surface area contributed by atoms with Gasteiger partial charge in [0, 0.05) is 31.5 Å². The molecule has 0 unspecified atom stereocenters. The molecule has 2 rings (SSSR count). The van der Waals surface area contributed by atoms with E-state index in [-0.39, 0.29) is 17.9 Å². The zero-order chi connectivity index (χ0) is 18.4. The van der Waals surface area contributed by atoms with Crippen LogP contribution >= 0.6 is 0 Å². The van der Waals surface area contributed by atoms with Crippen LogP contribution in [-0.4, -0.2) is 33.1 Å². The van der Waals surface area contributed by atoms with E-state index in [1.54, 1.807) is 23.2 Å². The maximum absolute atomic E-state index is 13.1. The van der Waals surface area contributed by atoms with Gasteiger partial charge in [0.05, 0.1) is 6.54 Å². The van der Waals surface area contributed by atoms with Crippen LogP contribution in [0.2, 0.25) is 0 Å². The van der Waals surface area contributed by atoms with Crippen LogP contribution in [0, 0.1) is 11.7 Å². The third kappa shape index (κ3) is 5.89. The van der Waals surface area contributed by atoms with Crippen LogP contribution in [0.5, 0.6) is 0 Å². The van der Waals surface area contributed by atoms with Gasteiger partial charge in [0.2, 0.25) is 0 Å². The topological polar surface area (TPSA) is 50.2 Å². The summed E-state index contributed by atoms with van der Waals surface area (Å²) in [6, 6.07) is 6.42. The van der Waals surface area contributed by atoms with Gasteiger partial charge in [-0.3, -0.25) is 0 Å². The van der Waals surface area contributed by atoms with Gasteiger partial charge in [0.25, 0.3) is 0 Å². The number of carbonyl (C=O) groups is 1. The molecule has 2 aromatic rings. The molecule has 6 heteroatoms. The summed E-state index contributed by atoms with van der Waals surface area (Å²) < 4.78 is 15.1. The van der Waals surface area contributed by atoms with E-state index < -0.39 is 0 Å². The summed E-state index contributed by atoms with van der Waals surface area (Å²) in [5.74, 6) is 0.922. The van der Waals surface area contributed by atoms with Gasteiger partial charge in [-0.05, 0) is 37.5 Å². The molecule has 0 saturated carbocycles. The lowest BCUT2D eigenvalue weighted by atomic mass is 10.2. The summed E-state index contributed by atoms with van der Waals surface area (Å²) in [5.41, 5.74) is 0.989. The van der Waals surface area contributed by atoms with Crippen molar-refractivity contribution in [3.63, 3.8) is 0 Å². The molecule has 0 aliphatic carbocycles. The summed E-state index contributed by atoms with van der Waals surface area (Å²) in [5, 5.41) is 2.94. The van der Waals surface area contributed by atoms with E-state index in [0.717, 1.165) is 11.4 Å². The number of amides is 2. The maximum atomic E-state index is 13.1. The number of urea groups is 1. The highest BCUT2D eigenvalue weighted by molar-refractivity contribution is 5.74. The van der Waals surface area contributed by atoms with Gasteiger partial charge in [0.1, 0.15) is 11.6 Å². The number of carbonyl (C=O) groups excluding carboxylic acids is 1. The molecule has 1 aromatic carbocycles. The monoisotopic (exact) mass is 346 g/mol. The summed E-state index contributed by atoms with van der Waals surface area (Å²) in [7, 11) is 0. The average molecular weight is 346 g/mol. The van der Waals surface area contributed by atoms with Crippen molar-refractivity contribution in [3.8, 4) is 0 Å². The van der Waals surface area contributed by atoms with Crippen molar-refractivity contribution in [2.45, 2.75) is 46.8 Å². The highest BCUT2D eigenvalue weighted by Crippen LogP contribution is 2.11. The average Bonchev–Trinajstić information content (AvgIpc) is 2.95. The van der Waals surface area contributed by atoms with Gasteiger partial charge < -0.3 is 14.8 Å². The predicted octanol–water partition coefficient (Wildman–Crippen LogP) is 3.65. The molecule has 5 nitrogen and oxygen atoms in total. The molecule has 0 atom stereocenters. The van der Waals surface area contributed by atoms with Crippen LogP contribution in [0.15, 0.2) is 36.7 Å². The number of hydrogen-bond donors (Lipinski definition) is 1. The summed E-state index contributed by atoms with van der Waals surface area (Å²) in [6.45, 7) is 9.74. The van der Waals surface area contributed by atoms with Crippen molar-refractivity contribution < 1.29 is 9.18 Å². The number of nitrogens with one attached hydrogen (secondary N) is 1. The molecule has 0 spiro atoms. The van der Waals surface area contributed by atoms with Crippen LogP contribution in [0.25, 0.3) is 0 Å². The van der Waals surface area contributed by atoms with E-state index in [1.165, 1.54) is 12.1 Å². The fraction of sp³-hybridized carbons (Fsp3) is 0.474. The van der Waals surface area contributed by atoms with Gasteiger partial charge in [-0.15, -0.1) is 0 Å². The predicted molar refractivity (Wildman–Crippen MR) is 96.6 cm³/mol. The molecule has 0 bridgehead atoms. The van der Waals surface area contributed by atoms with Gasteiger partial charge >= 0.3 is 6.03 Å². The number of hydrogen-bond acceptors (Lipinski definition) is 2. The molecule has 1 heterocycles. The Labute approximate surface area is 148 Å². The molecule has 2 amide bonds.